The van der Waals surface area contributed by atoms with Crippen molar-refractivity contribution in [2.75, 3.05) is 0 Å². The lowest BCUT2D eigenvalue weighted by Crippen LogP contribution is -2.01. The molecule has 1 heterocycles. The molecule has 0 radical (unpaired) electrons. The zero-order valence-electron chi connectivity index (χ0n) is 21.8. The number of epoxide rings is 1. The molecule has 0 saturated carbocycles. The second-order valence-electron chi connectivity index (χ2n) is 10.5. The summed E-state index contributed by atoms with van der Waals surface area (Å²) in [6, 6.07) is 0. The van der Waals surface area contributed by atoms with Gasteiger partial charge in [-0.3, -0.25) is 0 Å². The quantitative estimate of drug-likeness (QED) is 0.110. The fourth-order valence-electron chi connectivity index (χ4n) is 3.96. The zero-order chi connectivity index (χ0) is 23.1. The summed E-state index contributed by atoms with van der Waals surface area (Å²) in [7, 11) is 0. The van der Waals surface area contributed by atoms with E-state index in [4.69, 9.17) is 4.74 Å². The molecule has 0 spiro atoms. The van der Waals surface area contributed by atoms with Crippen LogP contribution < -0.4 is 0 Å². The monoisotopic (exact) mass is 426 g/mol. The van der Waals surface area contributed by atoms with Gasteiger partial charge in [-0.15, -0.1) is 11.8 Å². The summed E-state index contributed by atoms with van der Waals surface area (Å²) in [5.74, 6) is 7.50. The van der Waals surface area contributed by atoms with Gasteiger partial charge in [0.1, 0.15) is 0 Å². The van der Waals surface area contributed by atoms with Crippen LogP contribution in [0.3, 0.4) is 0 Å². The number of hydrogen-bond donors (Lipinski definition) is 0. The van der Waals surface area contributed by atoms with Gasteiger partial charge in [0.05, 0.1) is 11.7 Å². The number of rotatable bonds is 15. The molecule has 1 saturated heterocycles. The highest BCUT2D eigenvalue weighted by Crippen LogP contribution is 2.38. The van der Waals surface area contributed by atoms with Crippen LogP contribution in [0.1, 0.15) is 126 Å². The number of hydrogen-bond acceptors (Lipinski definition) is 1. The fourth-order valence-corrected chi connectivity index (χ4v) is 3.96. The van der Waals surface area contributed by atoms with E-state index >= 15 is 0 Å². The summed E-state index contributed by atoms with van der Waals surface area (Å²) >= 11 is 0. The minimum Gasteiger partial charge on any atom is -0.367 e. The molecule has 1 rings (SSSR count). The van der Waals surface area contributed by atoms with Gasteiger partial charge in [0, 0.05) is 12.8 Å². The van der Waals surface area contributed by atoms with Crippen molar-refractivity contribution >= 4 is 0 Å². The molecule has 31 heavy (non-hydrogen) atoms. The van der Waals surface area contributed by atoms with E-state index in [0.29, 0.717) is 6.10 Å². The third kappa shape index (κ3) is 15.2. The third-order valence-electron chi connectivity index (χ3n) is 6.34. The van der Waals surface area contributed by atoms with Crippen LogP contribution in [0.2, 0.25) is 0 Å². The molecule has 2 unspecified atom stereocenters. The molecular formula is C30H50O. The predicted molar refractivity (Wildman–Crippen MR) is 138 cm³/mol. The van der Waals surface area contributed by atoms with E-state index in [0.717, 1.165) is 25.2 Å². The molecule has 0 aromatic carbocycles. The normalized spacial score (nSPS) is 18.9. The third-order valence-corrected chi connectivity index (χ3v) is 6.34. The molecule has 1 aliphatic rings. The Morgan fingerprint density at radius 2 is 1.39 bits per heavy atom. The molecule has 0 amide bonds. The smallest absolute Gasteiger partial charge is 0.0892 e. The van der Waals surface area contributed by atoms with E-state index in [2.05, 4.69) is 78.5 Å². The van der Waals surface area contributed by atoms with E-state index in [-0.39, 0.29) is 5.60 Å². The number of ether oxygens (including phenoxy) is 1. The van der Waals surface area contributed by atoms with Crippen molar-refractivity contribution in [1.82, 2.24) is 0 Å². The Morgan fingerprint density at radius 3 is 2.00 bits per heavy atom. The van der Waals surface area contributed by atoms with E-state index in [1.807, 2.05) is 0 Å². The van der Waals surface area contributed by atoms with Crippen molar-refractivity contribution in [2.24, 2.45) is 5.92 Å². The van der Waals surface area contributed by atoms with Crippen LogP contribution in [-0.2, 0) is 4.74 Å². The lowest BCUT2D eigenvalue weighted by molar-refractivity contribution is 0.320. The topological polar surface area (TPSA) is 12.5 Å². The number of unbranched alkanes of at least 4 members (excludes halogenated alkanes) is 2. The second kappa shape index (κ2) is 15.5. The van der Waals surface area contributed by atoms with Crippen molar-refractivity contribution in [3.63, 3.8) is 0 Å². The first-order valence-electron chi connectivity index (χ1n) is 12.8. The Hall–Kier alpha value is -1.26. The van der Waals surface area contributed by atoms with Crippen molar-refractivity contribution in [3.05, 3.63) is 34.9 Å². The van der Waals surface area contributed by atoms with E-state index in [1.54, 1.807) is 5.57 Å². The molecule has 0 bridgehead atoms. The van der Waals surface area contributed by atoms with Crippen LogP contribution in [0.4, 0.5) is 0 Å². The summed E-state index contributed by atoms with van der Waals surface area (Å²) in [5.41, 5.74) is 4.63. The van der Waals surface area contributed by atoms with Gasteiger partial charge in [0.15, 0.2) is 0 Å². The molecule has 0 aliphatic carbocycles. The highest BCUT2D eigenvalue weighted by molar-refractivity contribution is 5.05. The Kier molecular flexibility index (Phi) is 13.9. The maximum Gasteiger partial charge on any atom is 0.0892 e. The Morgan fingerprint density at radius 1 is 0.839 bits per heavy atom. The van der Waals surface area contributed by atoms with Crippen molar-refractivity contribution in [2.45, 2.75) is 137 Å². The van der Waals surface area contributed by atoms with E-state index in [9.17, 15) is 0 Å². The van der Waals surface area contributed by atoms with Gasteiger partial charge >= 0.3 is 0 Å². The van der Waals surface area contributed by atoms with Crippen LogP contribution in [0.25, 0.3) is 0 Å². The molecule has 1 nitrogen and oxygen atoms in total. The van der Waals surface area contributed by atoms with Crippen LogP contribution in [-0.4, -0.2) is 11.7 Å². The van der Waals surface area contributed by atoms with E-state index in [1.165, 1.54) is 68.9 Å². The Balaban J connectivity index is 2.01. The van der Waals surface area contributed by atoms with Crippen molar-refractivity contribution < 1.29 is 4.74 Å². The first-order valence-corrected chi connectivity index (χ1v) is 12.8. The van der Waals surface area contributed by atoms with Crippen LogP contribution in [0.15, 0.2) is 34.9 Å². The maximum absolute atomic E-state index is 5.60. The van der Waals surface area contributed by atoms with Crippen LogP contribution in [0, 0.1) is 17.8 Å². The van der Waals surface area contributed by atoms with Crippen molar-refractivity contribution in [3.8, 4) is 11.8 Å². The minimum atomic E-state index is 0.117. The summed E-state index contributed by atoms with van der Waals surface area (Å²) in [5, 5.41) is 0. The van der Waals surface area contributed by atoms with Gasteiger partial charge in [-0.1, -0.05) is 48.3 Å². The molecular weight excluding hydrogens is 376 g/mol. The predicted octanol–water partition coefficient (Wildman–Crippen LogP) is 9.34. The standard InChI is InChI=1S/C30H50O/c1-25(2)17-15-21-28(5)23-16-22-27(4)20-14-13-19-26(3)18-11-9-8-10-12-24-29-30(6,7)31-29/h17,20,23,26,29H,9,11-16,18-19,21-22,24H2,1-7H3/b27-20+,28-23-. The SMILES string of the molecule is CC(C)=CCC/C(C)=C\CC/C(C)=C/CCCC(C)CCCC#CCCC1OC1(C)C. The molecule has 0 aromatic rings. The average Bonchev–Trinajstić information content (AvgIpc) is 3.30. The summed E-state index contributed by atoms with van der Waals surface area (Å²) in [6.45, 7) is 15.7. The Labute approximate surface area is 194 Å². The summed E-state index contributed by atoms with van der Waals surface area (Å²) in [4.78, 5) is 0. The van der Waals surface area contributed by atoms with Gasteiger partial charge in [-0.05, 0) is 105 Å². The van der Waals surface area contributed by atoms with Gasteiger partial charge < -0.3 is 4.74 Å². The van der Waals surface area contributed by atoms with Gasteiger partial charge in [0.2, 0.25) is 0 Å². The van der Waals surface area contributed by atoms with Crippen LogP contribution >= 0.6 is 0 Å². The lowest BCUT2D eigenvalue weighted by atomic mass is 9.97. The second-order valence-corrected chi connectivity index (χ2v) is 10.5. The maximum atomic E-state index is 5.60. The first kappa shape index (κ1) is 27.8. The molecule has 1 aliphatic heterocycles. The average molecular weight is 427 g/mol. The molecule has 176 valence electrons. The molecule has 0 N–H and O–H groups in total. The largest absolute Gasteiger partial charge is 0.367 e. The summed E-state index contributed by atoms with van der Waals surface area (Å²) in [6.07, 6.45) is 22.0. The highest BCUT2D eigenvalue weighted by Gasteiger charge is 2.46. The fraction of sp³-hybridized carbons (Fsp3) is 0.733. The number of allylic oxidation sites excluding steroid dienone is 6. The molecule has 1 fully saturated rings. The highest BCUT2D eigenvalue weighted by atomic mass is 16.6. The minimum absolute atomic E-state index is 0.117. The van der Waals surface area contributed by atoms with Gasteiger partial charge in [-0.2, -0.15) is 0 Å². The van der Waals surface area contributed by atoms with E-state index < -0.39 is 0 Å². The van der Waals surface area contributed by atoms with Crippen LogP contribution in [0.5, 0.6) is 0 Å². The molecule has 0 aromatic heterocycles. The van der Waals surface area contributed by atoms with Gasteiger partial charge in [0.25, 0.3) is 0 Å². The lowest BCUT2D eigenvalue weighted by Gasteiger charge is -2.09. The molecule has 2 atom stereocenters. The Bertz CT molecular complexity index is 646. The first-order chi connectivity index (χ1) is 14.7. The summed E-state index contributed by atoms with van der Waals surface area (Å²) < 4.78 is 5.60. The van der Waals surface area contributed by atoms with Gasteiger partial charge in [-0.25, -0.2) is 0 Å². The zero-order valence-corrected chi connectivity index (χ0v) is 21.8. The molecule has 1 heteroatoms. The van der Waals surface area contributed by atoms with Crippen molar-refractivity contribution in [1.29, 1.82) is 0 Å².